The highest BCUT2D eigenvalue weighted by Gasteiger charge is 2.29. The van der Waals surface area contributed by atoms with Crippen molar-refractivity contribution in [3.63, 3.8) is 0 Å². The molecular weight excluding hydrogens is 1070 g/mol. The second kappa shape index (κ2) is 34.9. The van der Waals surface area contributed by atoms with E-state index in [1.807, 2.05) is 0 Å². The first-order chi connectivity index (χ1) is 39.8. The number of benzene rings is 4. The van der Waals surface area contributed by atoms with Gasteiger partial charge in [0, 0.05) is 32.2 Å². The zero-order chi connectivity index (χ0) is 61.0. The Balaban J connectivity index is 1.58. The number of rotatable bonds is 39. The molecule has 4 aromatic rings. The van der Waals surface area contributed by atoms with Crippen molar-refractivity contribution in [1.29, 1.82) is 0 Å². The van der Waals surface area contributed by atoms with Crippen LogP contribution in [-0.2, 0) is 44.9 Å². The van der Waals surface area contributed by atoms with Gasteiger partial charge in [-0.15, -0.1) is 0 Å². The van der Waals surface area contributed by atoms with E-state index in [9.17, 15) is 38.4 Å². The van der Waals surface area contributed by atoms with Crippen LogP contribution in [0.15, 0.2) is 77.8 Å². The largest absolute Gasteiger partial charge is 0.496 e. The molecule has 4 aromatic carbocycles. The molecule has 4 rings (SSSR count). The molecule has 0 saturated carbocycles. The Morgan fingerprint density at radius 2 is 0.723 bits per heavy atom. The lowest BCUT2D eigenvalue weighted by atomic mass is 9.95. The monoisotopic (exact) mass is 1150 g/mol. The van der Waals surface area contributed by atoms with Gasteiger partial charge in [-0.1, -0.05) is 30.7 Å². The number of Topliss-reactive ketones (excluding diaryl/α,β-unsaturated/α-hetero) is 4. The zero-order valence-electron chi connectivity index (χ0n) is 48.1. The molecule has 0 aliphatic rings. The minimum Gasteiger partial charge on any atom is -0.496 e. The van der Waals surface area contributed by atoms with Crippen LogP contribution in [0.2, 0.25) is 0 Å². The minimum atomic E-state index is -1.13. The number of ketones is 4. The number of nitrogens with one attached hydrogen (secondary N) is 3. The van der Waals surface area contributed by atoms with Gasteiger partial charge in [-0.3, -0.25) is 43.3 Å². The summed E-state index contributed by atoms with van der Waals surface area (Å²) in [6, 6.07) is 14.9. The number of unbranched alkanes of at least 4 members (excludes halogenated alkanes) is 3. The third kappa shape index (κ3) is 21.2. The molecule has 0 spiro atoms. The smallest absolute Gasteiger partial charge is 0.255 e. The fourth-order valence-corrected chi connectivity index (χ4v) is 9.30. The lowest BCUT2D eigenvalue weighted by molar-refractivity contribution is -0.121. The zero-order valence-corrected chi connectivity index (χ0v) is 48.1. The Morgan fingerprint density at radius 1 is 0.422 bits per heavy atom. The Morgan fingerprint density at radius 3 is 1.04 bits per heavy atom. The maximum Gasteiger partial charge on any atom is 0.255 e. The van der Waals surface area contributed by atoms with E-state index in [1.165, 1.54) is 64.8 Å². The summed E-state index contributed by atoms with van der Waals surface area (Å²) in [5, 5.41) is 8.55. The van der Waals surface area contributed by atoms with E-state index in [0.717, 1.165) is 6.42 Å². The number of carbonyl (C=O) groups excluding carboxylic acids is 8. The van der Waals surface area contributed by atoms with Crippen LogP contribution in [0.3, 0.4) is 0 Å². The first-order valence-electron chi connectivity index (χ1n) is 27.7. The highest BCUT2D eigenvalue weighted by molar-refractivity contribution is 6.03. The summed E-state index contributed by atoms with van der Waals surface area (Å²) in [6.07, 6.45) is 4.33. The minimum absolute atomic E-state index is 0.0120. The fraction of sp³-hybridized carbons (Fsp3) is 0.450. The van der Waals surface area contributed by atoms with Crippen molar-refractivity contribution in [2.45, 2.75) is 120 Å². The summed E-state index contributed by atoms with van der Waals surface area (Å²) < 4.78 is 21.9. The molecule has 0 saturated heterocycles. The van der Waals surface area contributed by atoms with Gasteiger partial charge < -0.3 is 75.0 Å². The summed E-state index contributed by atoms with van der Waals surface area (Å²) in [7, 11) is 5.54. The van der Waals surface area contributed by atoms with Gasteiger partial charge in [0.25, 0.3) is 23.6 Å². The van der Waals surface area contributed by atoms with E-state index in [1.54, 1.807) is 36.4 Å². The van der Waals surface area contributed by atoms with Crippen LogP contribution in [0, 0.1) is 0 Å². The van der Waals surface area contributed by atoms with Gasteiger partial charge >= 0.3 is 0 Å². The molecule has 0 unspecified atom stereocenters. The number of hydrogen-bond acceptors (Lipinski definition) is 17. The molecule has 17 N–H and O–H groups in total. The molecule has 23 heteroatoms. The van der Waals surface area contributed by atoms with Gasteiger partial charge in [0.2, 0.25) is 0 Å². The number of nitrogens with zero attached hydrogens (tertiary/aromatic N) is 1. The molecule has 0 heterocycles. The normalized spacial score (nSPS) is 12.4. The molecule has 4 amide bonds. The molecule has 0 aromatic heterocycles. The average Bonchev–Trinajstić information content (AvgIpc) is 3.56. The lowest BCUT2D eigenvalue weighted by Gasteiger charge is -2.21. The molecule has 450 valence electrons. The second-order valence-electron chi connectivity index (χ2n) is 20.1. The Labute approximate surface area is 484 Å². The van der Waals surface area contributed by atoms with E-state index < -0.39 is 53.6 Å². The maximum absolute atomic E-state index is 14.4. The van der Waals surface area contributed by atoms with Crippen LogP contribution in [0.4, 0.5) is 0 Å². The van der Waals surface area contributed by atoms with Crippen LogP contribution in [0.25, 0.3) is 0 Å². The van der Waals surface area contributed by atoms with Crippen molar-refractivity contribution >= 4 is 52.7 Å². The van der Waals surface area contributed by atoms with E-state index in [-0.39, 0.29) is 126 Å². The molecule has 23 nitrogen and oxygen atoms in total. The summed E-state index contributed by atoms with van der Waals surface area (Å²) >= 11 is 0. The number of hydrogen-bond donors (Lipinski definition) is 10. The van der Waals surface area contributed by atoms with Gasteiger partial charge in [-0.2, -0.15) is 0 Å². The molecule has 0 fully saturated rings. The number of primary amides is 1. The molecule has 0 aliphatic carbocycles. The molecular formula is C60H83N11O12. The van der Waals surface area contributed by atoms with Crippen LogP contribution >= 0.6 is 0 Å². The quantitative estimate of drug-likeness (QED) is 0.0174. The number of aliphatic imine (C=N–C) groups is 1. The number of ether oxygens (including phenoxy) is 4. The fourth-order valence-electron chi connectivity index (χ4n) is 9.30. The number of guanidine groups is 1. The number of nitrogens with two attached hydrogens (primary N) is 7. The predicted octanol–water partition coefficient (Wildman–Crippen LogP) is 2.43. The van der Waals surface area contributed by atoms with Crippen LogP contribution in [-0.4, -0.2) is 132 Å². The Kier molecular flexibility index (Phi) is 28.3. The van der Waals surface area contributed by atoms with E-state index in [2.05, 4.69) is 20.9 Å². The van der Waals surface area contributed by atoms with Crippen molar-refractivity contribution in [2.24, 2.45) is 45.1 Å². The summed E-state index contributed by atoms with van der Waals surface area (Å²) in [4.78, 5) is 114. The van der Waals surface area contributed by atoms with Crippen molar-refractivity contribution in [3.8, 4) is 23.0 Å². The second-order valence-corrected chi connectivity index (χ2v) is 20.1. The van der Waals surface area contributed by atoms with E-state index in [0.29, 0.717) is 80.4 Å². The summed E-state index contributed by atoms with van der Waals surface area (Å²) in [6.45, 7) is 1.35. The standard InChI is InChI=1S/C60H83N11O12/c1-80-52-20-16-36(28-40(52)56(65)76)33-49(73)45(13-6-9-25-62)69-58(78)42-31-39(19-23-54(42)82-3)35-51(75)47(15-11-27-68-60(66)67)71-59(79)43-30-38(18-22-55(43)83-4)34-50(74)46(14-7-10-26-63)70-57(77)41-29-37(17-21-53(41)81-2)32-48(72)44(64)12-5-8-24-61/h16-23,28-31,44-47H,5-15,24-27,32-35,61-64H2,1-4H3,(H2,65,76)(H,69,78)(H,70,77)(H,71,79)(H4,66,67,68)/t44-,45-,46-,47-/m1/s1. The number of carbonyl (C=O) groups is 8. The van der Waals surface area contributed by atoms with Crippen molar-refractivity contribution in [2.75, 3.05) is 54.6 Å². The molecule has 0 bridgehead atoms. The van der Waals surface area contributed by atoms with E-state index in [4.69, 9.17) is 59.1 Å². The van der Waals surface area contributed by atoms with Gasteiger partial charge in [-0.05, 0) is 155 Å². The lowest BCUT2D eigenvalue weighted by Crippen LogP contribution is -2.42. The number of methoxy groups -OCH3 is 4. The van der Waals surface area contributed by atoms with Gasteiger partial charge in [-0.25, -0.2) is 0 Å². The van der Waals surface area contributed by atoms with Crippen molar-refractivity contribution in [3.05, 3.63) is 117 Å². The van der Waals surface area contributed by atoms with Crippen LogP contribution < -0.4 is 75.0 Å². The van der Waals surface area contributed by atoms with Crippen molar-refractivity contribution < 1.29 is 57.3 Å². The highest BCUT2D eigenvalue weighted by atomic mass is 16.5. The van der Waals surface area contributed by atoms with Crippen LogP contribution in [0.5, 0.6) is 23.0 Å². The Bertz CT molecular complexity index is 2910. The number of amides is 4. The van der Waals surface area contributed by atoms with Crippen LogP contribution in [0.1, 0.15) is 134 Å². The van der Waals surface area contributed by atoms with Gasteiger partial charge in [0.15, 0.2) is 29.1 Å². The van der Waals surface area contributed by atoms with Gasteiger partial charge in [0.05, 0.1) is 74.9 Å². The maximum atomic E-state index is 14.4. The third-order valence-electron chi connectivity index (χ3n) is 13.9. The molecule has 0 radical (unpaired) electrons. The predicted molar refractivity (Wildman–Crippen MR) is 316 cm³/mol. The Hall–Kier alpha value is -8.25. The molecule has 0 aliphatic heterocycles. The molecule has 83 heavy (non-hydrogen) atoms. The highest BCUT2D eigenvalue weighted by Crippen LogP contribution is 2.26. The summed E-state index contributed by atoms with van der Waals surface area (Å²) in [5.41, 5.74) is 42.1. The summed E-state index contributed by atoms with van der Waals surface area (Å²) in [5.74, 6) is -3.42. The van der Waals surface area contributed by atoms with E-state index >= 15 is 0 Å². The average molecular weight is 1150 g/mol. The topological polar surface area (TPSA) is 404 Å². The third-order valence-corrected chi connectivity index (χ3v) is 13.9. The van der Waals surface area contributed by atoms with Crippen molar-refractivity contribution in [1.82, 2.24) is 16.0 Å². The SMILES string of the molecule is COc1ccc(CC(=O)[C@@H](CCCCN)NC(=O)c2cc(CC(=O)[C@@H](CCCN=C(N)N)NC(=O)c3cc(CC(=O)[C@@H](CCCCN)NC(=O)c4cc(CC(=O)[C@H](N)CCCCN)ccc4OC)ccc3OC)ccc2OC)cc1C(N)=O. The first-order valence-corrected chi connectivity index (χ1v) is 27.7. The van der Waals surface area contributed by atoms with Gasteiger partial charge in [0.1, 0.15) is 23.0 Å². The molecule has 4 atom stereocenters. The first kappa shape index (κ1) is 67.3.